The maximum Gasteiger partial charge on any atom is 0.227 e. The van der Waals surface area contributed by atoms with Gasteiger partial charge in [0.25, 0.3) is 0 Å². The van der Waals surface area contributed by atoms with E-state index in [0.717, 1.165) is 57.3 Å². The lowest BCUT2D eigenvalue weighted by molar-refractivity contribution is 0.152. The second-order valence-electron chi connectivity index (χ2n) is 5.39. The van der Waals surface area contributed by atoms with E-state index in [-0.39, 0.29) is 0 Å². The summed E-state index contributed by atoms with van der Waals surface area (Å²) in [4.78, 5) is 9.26. The van der Waals surface area contributed by atoms with Crippen LogP contribution >= 0.6 is 0 Å². The van der Waals surface area contributed by atoms with Crippen LogP contribution in [0.4, 0.5) is 0 Å². The number of aromatic nitrogens is 2. The summed E-state index contributed by atoms with van der Waals surface area (Å²) in [5.74, 6) is 1.56. The Morgan fingerprint density at radius 2 is 2.05 bits per heavy atom. The van der Waals surface area contributed by atoms with Gasteiger partial charge in [-0.3, -0.25) is 0 Å². The predicted molar refractivity (Wildman–Crippen MR) is 74.2 cm³/mol. The third-order valence-electron chi connectivity index (χ3n) is 3.73. The van der Waals surface area contributed by atoms with Crippen molar-refractivity contribution in [2.24, 2.45) is 0 Å². The molecule has 1 aromatic heterocycles. The Bertz CT molecular complexity index is 373. The minimum Gasteiger partial charge on any atom is -0.339 e. The van der Waals surface area contributed by atoms with Gasteiger partial charge in [-0.05, 0) is 21.0 Å². The highest BCUT2D eigenvalue weighted by Crippen LogP contribution is 2.04. The Kier molecular flexibility index (Phi) is 5.30. The first kappa shape index (κ1) is 14.4. The fourth-order valence-corrected chi connectivity index (χ4v) is 2.18. The molecule has 2 heterocycles. The maximum atomic E-state index is 5.30. The zero-order valence-electron chi connectivity index (χ0n) is 12.2. The number of rotatable bonds is 6. The van der Waals surface area contributed by atoms with Crippen LogP contribution in [-0.2, 0) is 12.8 Å². The molecule has 1 aromatic rings. The van der Waals surface area contributed by atoms with Gasteiger partial charge in [0.1, 0.15) is 0 Å². The van der Waals surface area contributed by atoms with Gasteiger partial charge < -0.3 is 19.6 Å². The van der Waals surface area contributed by atoms with Gasteiger partial charge in [0, 0.05) is 51.6 Å². The molecule has 1 saturated heterocycles. The van der Waals surface area contributed by atoms with Crippen LogP contribution in [0.3, 0.4) is 0 Å². The summed E-state index contributed by atoms with van der Waals surface area (Å²) in [6.45, 7) is 7.68. The number of piperazine rings is 1. The Morgan fingerprint density at radius 1 is 1.32 bits per heavy atom. The first-order valence-corrected chi connectivity index (χ1v) is 7.07. The quantitative estimate of drug-likeness (QED) is 0.783. The zero-order valence-corrected chi connectivity index (χ0v) is 12.2. The molecule has 6 nitrogen and oxygen atoms in total. The SMILES string of the molecule is CNC(C)Cc1noc(CCN2CCN(C)CC2)n1. The van der Waals surface area contributed by atoms with E-state index in [1.807, 2.05) is 7.05 Å². The Labute approximate surface area is 115 Å². The summed E-state index contributed by atoms with van der Waals surface area (Å²) in [5, 5.41) is 7.20. The van der Waals surface area contributed by atoms with Crippen molar-refractivity contribution in [2.45, 2.75) is 25.8 Å². The van der Waals surface area contributed by atoms with Gasteiger partial charge in [0.2, 0.25) is 5.89 Å². The van der Waals surface area contributed by atoms with E-state index in [1.165, 1.54) is 0 Å². The zero-order chi connectivity index (χ0) is 13.7. The van der Waals surface area contributed by atoms with Gasteiger partial charge in [0.15, 0.2) is 5.82 Å². The van der Waals surface area contributed by atoms with Gasteiger partial charge in [0.05, 0.1) is 0 Å². The van der Waals surface area contributed by atoms with Crippen molar-refractivity contribution in [1.29, 1.82) is 0 Å². The fourth-order valence-electron chi connectivity index (χ4n) is 2.18. The molecule has 2 rings (SSSR count). The normalized spacial score (nSPS) is 19.7. The van der Waals surface area contributed by atoms with Crippen molar-refractivity contribution in [2.75, 3.05) is 46.8 Å². The molecule has 1 N–H and O–H groups in total. The summed E-state index contributed by atoms with van der Waals surface area (Å²) in [7, 11) is 4.11. The van der Waals surface area contributed by atoms with Crippen LogP contribution in [0.25, 0.3) is 0 Å². The van der Waals surface area contributed by atoms with Gasteiger partial charge >= 0.3 is 0 Å². The van der Waals surface area contributed by atoms with Crippen molar-refractivity contribution in [3.8, 4) is 0 Å². The average Bonchev–Trinajstić information content (AvgIpc) is 2.85. The molecule has 0 aromatic carbocycles. The van der Waals surface area contributed by atoms with E-state index in [4.69, 9.17) is 4.52 Å². The number of nitrogens with one attached hydrogen (secondary N) is 1. The van der Waals surface area contributed by atoms with Crippen molar-refractivity contribution >= 4 is 0 Å². The van der Waals surface area contributed by atoms with Crippen LogP contribution in [0, 0.1) is 0 Å². The summed E-state index contributed by atoms with van der Waals surface area (Å²) in [5.41, 5.74) is 0. The highest BCUT2D eigenvalue weighted by molar-refractivity contribution is 4.90. The molecule has 0 saturated carbocycles. The minimum atomic E-state index is 0.378. The van der Waals surface area contributed by atoms with Gasteiger partial charge in [-0.15, -0.1) is 0 Å². The molecule has 1 fully saturated rings. The molecule has 0 spiro atoms. The topological polar surface area (TPSA) is 57.4 Å². The van der Waals surface area contributed by atoms with Crippen LogP contribution in [0.15, 0.2) is 4.52 Å². The van der Waals surface area contributed by atoms with Crippen LogP contribution < -0.4 is 5.32 Å². The van der Waals surface area contributed by atoms with E-state index in [2.05, 4.69) is 39.2 Å². The van der Waals surface area contributed by atoms with E-state index in [9.17, 15) is 0 Å². The maximum absolute atomic E-state index is 5.30. The summed E-state index contributed by atoms with van der Waals surface area (Å²) in [6.07, 6.45) is 1.67. The van der Waals surface area contributed by atoms with Crippen LogP contribution in [0.5, 0.6) is 0 Å². The Hall–Kier alpha value is -0.980. The van der Waals surface area contributed by atoms with Crippen LogP contribution in [-0.4, -0.2) is 72.8 Å². The van der Waals surface area contributed by atoms with E-state index < -0.39 is 0 Å². The lowest BCUT2D eigenvalue weighted by Crippen LogP contribution is -2.45. The molecule has 0 radical (unpaired) electrons. The van der Waals surface area contributed by atoms with Crippen LogP contribution in [0.1, 0.15) is 18.6 Å². The highest BCUT2D eigenvalue weighted by Gasteiger charge is 2.15. The molecule has 0 amide bonds. The molecule has 1 aliphatic rings. The molecule has 0 bridgehead atoms. The third-order valence-corrected chi connectivity index (χ3v) is 3.73. The van der Waals surface area contributed by atoms with Crippen molar-refractivity contribution in [3.05, 3.63) is 11.7 Å². The van der Waals surface area contributed by atoms with Gasteiger partial charge in [-0.25, -0.2) is 0 Å². The van der Waals surface area contributed by atoms with E-state index in [1.54, 1.807) is 0 Å². The standard InChI is InChI=1S/C13H25N5O/c1-11(14-2)10-12-15-13(19-16-12)4-5-18-8-6-17(3)7-9-18/h11,14H,4-10H2,1-3H3. The first-order valence-electron chi connectivity index (χ1n) is 7.07. The number of likely N-dealkylation sites (N-methyl/N-ethyl adjacent to an activating group) is 2. The molecule has 0 aliphatic carbocycles. The monoisotopic (exact) mass is 267 g/mol. The Balaban J connectivity index is 1.74. The second-order valence-corrected chi connectivity index (χ2v) is 5.39. The lowest BCUT2D eigenvalue weighted by atomic mass is 10.2. The molecular weight excluding hydrogens is 242 g/mol. The van der Waals surface area contributed by atoms with Gasteiger partial charge in [-0.1, -0.05) is 5.16 Å². The molecule has 108 valence electrons. The summed E-state index contributed by atoms with van der Waals surface area (Å²) < 4.78 is 5.30. The van der Waals surface area contributed by atoms with Crippen molar-refractivity contribution in [3.63, 3.8) is 0 Å². The second kappa shape index (κ2) is 6.98. The summed E-state index contributed by atoms with van der Waals surface area (Å²) >= 11 is 0. The van der Waals surface area contributed by atoms with E-state index >= 15 is 0 Å². The average molecular weight is 267 g/mol. The molecule has 6 heteroatoms. The third kappa shape index (κ3) is 4.56. The highest BCUT2D eigenvalue weighted by atomic mass is 16.5. The van der Waals surface area contributed by atoms with Crippen LogP contribution in [0.2, 0.25) is 0 Å². The Morgan fingerprint density at radius 3 is 2.74 bits per heavy atom. The fraction of sp³-hybridized carbons (Fsp3) is 0.846. The molecule has 1 unspecified atom stereocenters. The number of hydrogen-bond donors (Lipinski definition) is 1. The smallest absolute Gasteiger partial charge is 0.227 e. The predicted octanol–water partition coefficient (Wildman–Crippen LogP) is 0.00990. The van der Waals surface area contributed by atoms with Gasteiger partial charge in [-0.2, -0.15) is 4.98 Å². The number of hydrogen-bond acceptors (Lipinski definition) is 6. The molecule has 1 atom stereocenters. The molecule has 1 aliphatic heterocycles. The number of nitrogens with zero attached hydrogens (tertiary/aromatic N) is 4. The lowest BCUT2D eigenvalue weighted by Gasteiger charge is -2.31. The first-order chi connectivity index (χ1) is 9.17. The molecule has 19 heavy (non-hydrogen) atoms. The largest absolute Gasteiger partial charge is 0.339 e. The van der Waals surface area contributed by atoms with Crippen molar-refractivity contribution < 1.29 is 4.52 Å². The molecular formula is C13H25N5O. The minimum absolute atomic E-state index is 0.378. The summed E-state index contributed by atoms with van der Waals surface area (Å²) in [6, 6.07) is 0.378. The van der Waals surface area contributed by atoms with E-state index in [0.29, 0.717) is 6.04 Å². The van der Waals surface area contributed by atoms with Crippen molar-refractivity contribution in [1.82, 2.24) is 25.3 Å².